The number of carboxylic acid groups (broad SMARTS) is 2. The Labute approximate surface area is 403 Å². The number of hydrogen-bond acceptors (Lipinski definition) is 3. The molecule has 0 bridgehead atoms. The van der Waals surface area contributed by atoms with Gasteiger partial charge in [0.25, 0.3) is 0 Å². The van der Waals surface area contributed by atoms with Gasteiger partial charge in [0.1, 0.15) is 0 Å². The summed E-state index contributed by atoms with van der Waals surface area (Å²) in [5, 5.41) is 31.9. The largest absolute Gasteiger partial charge is 0.481 e. The SMILES string of the molecule is C=C(C)[C@@H]1CC[C@]2(C(=O)O)CC[C@]3(C)C(CCC4[C@@]5(C)CC[C@H](C)C(C)(C)C5CC[C@]43C)C12.C=C(C)[C@@H]1CC[C@]2(C(=O)O)CC[C@]3(C)C(CCC4[C@@]5(C)CC[C@H](O)C(C)(C)C5CC[C@]43C)C12. The summed E-state index contributed by atoms with van der Waals surface area (Å²) in [5.41, 5.74) is 3.52. The zero-order chi connectivity index (χ0) is 48.4. The molecule has 10 saturated carbocycles. The lowest BCUT2D eigenvalue weighted by Gasteiger charge is -2.73. The third kappa shape index (κ3) is 6.09. The Balaban J connectivity index is 0.000000166. The van der Waals surface area contributed by atoms with Crippen molar-refractivity contribution in [3.05, 3.63) is 24.3 Å². The van der Waals surface area contributed by atoms with Crippen LogP contribution >= 0.6 is 0 Å². The minimum atomic E-state index is -0.538. The van der Waals surface area contributed by atoms with Crippen LogP contribution in [0.25, 0.3) is 0 Å². The molecule has 0 spiro atoms. The van der Waals surface area contributed by atoms with Gasteiger partial charge in [0.15, 0.2) is 0 Å². The van der Waals surface area contributed by atoms with Crippen molar-refractivity contribution in [3.63, 3.8) is 0 Å². The minimum absolute atomic E-state index is 0.0202. The molecule has 8 unspecified atom stereocenters. The van der Waals surface area contributed by atoms with Gasteiger partial charge >= 0.3 is 11.9 Å². The molecular weight excluding hydrogens is 813 g/mol. The third-order valence-electron chi connectivity index (χ3n) is 27.5. The molecule has 3 N–H and O–H groups in total. The number of aliphatic carboxylic acids is 2. The van der Waals surface area contributed by atoms with E-state index in [0.717, 1.165) is 82.0 Å². The Morgan fingerprint density at radius 3 is 1.23 bits per heavy atom. The smallest absolute Gasteiger partial charge is 0.309 e. The number of allylic oxidation sites excluding steroid dienone is 2. The fourth-order valence-electron chi connectivity index (χ4n) is 23.2. The first-order valence-electron chi connectivity index (χ1n) is 28.0. The molecule has 0 amide bonds. The van der Waals surface area contributed by atoms with Crippen molar-refractivity contribution < 1.29 is 24.9 Å². The van der Waals surface area contributed by atoms with Gasteiger partial charge in [-0.15, -0.1) is 0 Å². The fraction of sp³-hybridized carbons (Fsp3) is 0.902. The van der Waals surface area contributed by atoms with E-state index in [-0.39, 0.29) is 45.0 Å². The molecule has 10 aliphatic carbocycles. The van der Waals surface area contributed by atoms with Crippen LogP contribution in [0.2, 0.25) is 0 Å². The Hall–Kier alpha value is -1.62. The van der Waals surface area contributed by atoms with Crippen LogP contribution in [-0.2, 0) is 9.59 Å². The highest BCUT2D eigenvalue weighted by Gasteiger charge is 2.74. The third-order valence-corrected chi connectivity index (χ3v) is 27.5. The van der Waals surface area contributed by atoms with E-state index in [1.807, 2.05) is 0 Å². The number of carbonyl (C=O) groups is 2. The molecule has 0 aromatic carbocycles. The van der Waals surface area contributed by atoms with Gasteiger partial charge in [-0.2, -0.15) is 0 Å². The maximum absolute atomic E-state index is 12.8. The predicted octanol–water partition coefficient (Wildman–Crippen LogP) is 15.5. The van der Waals surface area contributed by atoms with Gasteiger partial charge in [0.2, 0.25) is 0 Å². The summed E-state index contributed by atoms with van der Waals surface area (Å²) in [6.45, 7) is 41.0. The van der Waals surface area contributed by atoms with Crippen LogP contribution in [0.1, 0.15) is 218 Å². The first-order chi connectivity index (χ1) is 30.5. The van der Waals surface area contributed by atoms with Crippen molar-refractivity contribution in [1.29, 1.82) is 0 Å². The molecule has 0 saturated heterocycles. The number of rotatable bonds is 4. The molecule has 20 atom stereocenters. The van der Waals surface area contributed by atoms with Gasteiger partial charge in [-0.05, 0) is 251 Å². The highest BCUT2D eigenvalue weighted by Crippen LogP contribution is 2.80. The number of aliphatic hydroxyl groups is 1. The molecule has 0 heterocycles. The van der Waals surface area contributed by atoms with Crippen LogP contribution in [0.15, 0.2) is 24.3 Å². The monoisotopic (exact) mass is 911 g/mol. The van der Waals surface area contributed by atoms with Crippen LogP contribution in [0.4, 0.5) is 0 Å². The average Bonchev–Trinajstić information content (AvgIpc) is 3.84. The first-order valence-corrected chi connectivity index (χ1v) is 28.0. The Kier molecular flexibility index (Phi) is 11.5. The quantitative estimate of drug-likeness (QED) is 0.244. The summed E-state index contributed by atoms with van der Waals surface area (Å²) in [7, 11) is 0. The van der Waals surface area contributed by atoms with E-state index in [1.54, 1.807) is 0 Å². The topological polar surface area (TPSA) is 94.8 Å². The van der Waals surface area contributed by atoms with Crippen molar-refractivity contribution in [1.82, 2.24) is 0 Å². The second-order valence-corrected chi connectivity index (χ2v) is 29.4. The zero-order valence-electron chi connectivity index (χ0n) is 44.6. The summed E-state index contributed by atoms with van der Waals surface area (Å²) in [6, 6.07) is 0. The lowest BCUT2D eigenvalue weighted by atomic mass is 9.32. The van der Waals surface area contributed by atoms with Crippen LogP contribution in [-0.4, -0.2) is 33.4 Å². The number of hydrogen-bond donors (Lipinski definition) is 3. The lowest BCUT2D eigenvalue weighted by Crippen LogP contribution is -2.67. The Morgan fingerprint density at radius 1 is 0.439 bits per heavy atom. The molecule has 372 valence electrons. The molecule has 0 aliphatic heterocycles. The second-order valence-electron chi connectivity index (χ2n) is 29.4. The number of fused-ring (bicyclic) bond motifs is 14. The second kappa shape index (κ2) is 15.4. The molecule has 10 rings (SSSR count). The van der Waals surface area contributed by atoms with Crippen LogP contribution in [0.3, 0.4) is 0 Å². The lowest BCUT2D eigenvalue weighted by molar-refractivity contribution is -0.248. The zero-order valence-corrected chi connectivity index (χ0v) is 44.6. The molecule has 0 aromatic rings. The summed E-state index contributed by atoms with van der Waals surface area (Å²) < 4.78 is 0. The standard InChI is InChI=1S/C31H50O2.C30H48O3/c1-19(2)21-12-16-31(26(32)33)18-17-29(7)22(25(21)31)9-10-24-28(6)14-11-20(3)27(4,5)23(28)13-15-30(24,29)8;1-18(2)19-10-15-30(25(32)33)17-16-28(6)20(24(19)30)8-9-22-27(5)13-12-23(31)26(3,4)21(27)11-14-29(22,28)7/h20-25H,1,9-18H2,2-8H3,(H,32,33);19-24,31H,1,8-17H2,2-7H3,(H,32,33)/t20-,21-,22?,23?,24?,25?,28-,29+,30+,31-;19-,20?,21?,22?,23-,24?,27-,28+,29+,30-/m00/s1. The molecular formula is C61H98O5. The van der Waals surface area contributed by atoms with Gasteiger partial charge in [0, 0.05) is 0 Å². The summed E-state index contributed by atoms with van der Waals surface area (Å²) in [5.74, 6) is 4.91. The van der Waals surface area contributed by atoms with E-state index < -0.39 is 22.8 Å². The van der Waals surface area contributed by atoms with Crippen LogP contribution in [0.5, 0.6) is 0 Å². The minimum Gasteiger partial charge on any atom is -0.481 e. The van der Waals surface area contributed by atoms with Gasteiger partial charge in [-0.25, -0.2) is 0 Å². The molecule has 5 nitrogen and oxygen atoms in total. The van der Waals surface area contributed by atoms with E-state index in [1.165, 1.54) is 75.4 Å². The van der Waals surface area contributed by atoms with Gasteiger partial charge < -0.3 is 15.3 Å². The van der Waals surface area contributed by atoms with E-state index in [9.17, 15) is 24.9 Å². The van der Waals surface area contributed by atoms with Crippen molar-refractivity contribution in [3.8, 4) is 0 Å². The summed E-state index contributed by atoms with van der Waals surface area (Å²) in [6.07, 6.45) is 22.3. The van der Waals surface area contributed by atoms with Crippen molar-refractivity contribution in [2.75, 3.05) is 0 Å². The molecule has 10 aliphatic rings. The fourth-order valence-corrected chi connectivity index (χ4v) is 23.2. The molecule has 0 radical (unpaired) electrons. The number of aliphatic hydroxyl groups excluding tert-OH is 1. The first kappa shape index (κ1) is 49.4. The molecule has 10 fully saturated rings. The van der Waals surface area contributed by atoms with E-state index >= 15 is 0 Å². The van der Waals surface area contributed by atoms with Crippen LogP contribution in [0, 0.1) is 119 Å². The maximum Gasteiger partial charge on any atom is 0.309 e. The molecule has 0 aromatic heterocycles. The molecule has 66 heavy (non-hydrogen) atoms. The normalized spacial score (nSPS) is 55.0. The average molecular weight is 911 g/mol. The van der Waals surface area contributed by atoms with E-state index in [0.29, 0.717) is 51.8 Å². The van der Waals surface area contributed by atoms with Crippen molar-refractivity contribution in [2.45, 2.75) is 225 Å². The Bertz CT molecular complexity index is 1860. The summed E-state index contributed by atoms with van der Waals surface area (Å²) >= 11 is 0. The highest BCUT2D eigenvalue weighted by molar-refractivity contribution is 5.77. The maximum atomic E-state index is 12.8. The highest BCUT2D eigenvalue weighted by atomic mass is 16.4. The Morgan fingerprint density at radius 2 is 0.833 bits per heavy atom. The van der Waals surface area contributed by atoms with E-state index in [4.69, 9.17) is 0 Å². The molecule has 5 heteroatoms. The van der Waals surface area contributed by atoms with Gasteiger partial charge in [0.05, 0.1) is 16.9 Å². The number of carboxylic acids is 2. The van der Waals surface area contributed by atoms with E-state index in [2.05, 4.69) is 103 Å². The van der Waals surface area contributed by atoms with Crippen molar-refractivity contribution in [2.24, 2.45) is 119 Å². The summed E-state index contributed by atoms with van der Waals surface area (Å²) in [4.78, 5) is 25.5. The van der Waals surface area contributed by atoms with Crippen LogP contribution < -0.4 is 0 Å². The van der Waals surface area contributed by atoms with Gasteiger partial charge in [-0.1, -0.05) is 100 Å². The van der Waals surface area contributed by atoms with Crippen molar-refractivity contribution >= 4 is 11.9 Å². The predicted molar refractivity (Wildman–Crippen MR) is 268 cm³/mol. The van der Waals surface area contributed by atoms with Gasteiger partial charge in [-0.3, -0.25) is 9.59 Å².